The van der Waals surface area contributed by atoms with E-state index in [4.69, 9.17) is 5.11 Å². The Kier molecular flexibility index (Phi) is 4.26. The second-order valence-corrected chi connectivity index (χ2v) is 6.16. The molecule has 5 heteroatoms. The van der Waals surface area contributed by atoms with E-state index in [9.17, 15) is 5.11 Å². The van der Waals surface area contributed by atoms with Gasteiger partial charge in [0.1, 0.15) is 6.10 Å². The fourth-order valence-corrected chi connectivity index (χ4v) is 3.10. The molecule has 0 aliphatic rings. The summed E-state index contributed by atoms with van der Waals surface area (Å²) in [6, 6.07) is 7.70. The highest BCUT2D eigenvalue weighted by atomic mass is 79.9. The van der Waals surface area contributed by atoms with Crippen molar-refractivity contribution in [2.24, 2.45) is 0 Å². The molecule has 1 unspecified atom stereocenters. The molecule has 1 atom stereocenters. The molecule has 2 N–H and O–H groups in total. The normalized spacial score (nSPS) is 13.0. The maximum absolute atomic E-state index is 9.69. The van der Waals surface area contributed by atoms with E-state index >= 15 is 0 Å². The van der Waals surface area contributed by atoms with Crippen molar-refractivity contribution in [3.63, 3.8) is 0 Å². The molecule has 0 heterocycles. The van der Waals surface area contributed by atoms with Gasteiger partial charge < -0.3 is 10.2 Å². The van der Waals surface area contributed by atoms with E-state index in [0.29, 0.717) is 5.56 Å². The van der Waals surface area contributed by atoms with Crippen molar-refractivity contribution in [3.8, 4) is 0 Å². The molecule has 0 saturated carbocycles. The summed E-state index contributed by atoms with van der Waals surface area (Å²) in [5.41, 5.74) is 0.689. The first kappa shape index (κ1) is 13.5. The van der Waals surface area contributed by atoms with Gasteiger partial charge in [0.2, 0.25) is 0 Å². The first-order valence-corrected chi connectivity index (χ1v) is 7.28. The molecule has 2 nitrogen and oxygen atoms in total. The minimum atomic E-state index is -0.865. The van der Waals surface area contributed by atoms with Crippen LogP contribution in [0.15, 0.2) is 37.7 Å². The molecule has 0 bridgehead atoms. The minimum Gasteiger partial charge on any atom is -0.393 e. The fraction of sp³-hybridized carbons (Fsp3) is 0.167. The standard InChI is InChI=1S/C12H9Br3O2/c13-9-3-6-1-2-7(11(17)5-16)12(15)8(6)4-10(9)14/h1-4,11,16-17H,5H2. The van der Waals surface area contributed by atoms with Gasteiger partial charge in [0.05, 0.1) is 6.61 Å². The van der Waals surface area contributed by atoms with Gasteiger partial charge in [-0.1, -0.05) is 12.1 Å². The van der Waals surface area contributed by atoms with Crippen LogP contribution >= 0.6 is 47.8 Å². The summed E-state index contributed by atoms with van der Waals surface area (Å²) in [7, 11) is 0. The lowest BCUT2D eigenvalue weighted by Gasteiger charge is -2.13. The molecule has 2 aromatic carbocycles. The molecule has 0 aliphatic heterocycles. The van der Waals surface area contributed by atoms with Crippen molar-refractivity contribution < 1.29 is 10.2 Å². The van der Waals surface area contributed by atoms with E-state index < -0.39 is 6.10 Å². The Balaban J connectivity index is 2.71. The molecular weight excluding hydrogens is 416 g/mol. The zero-order valence-electron chi connectivity index (χ0n) is 8.62. The number of rotatable bonds is 2. The second-order valence-electron chi connectivity index (χ2n) is 3.65. The van der Waals surface area contributed by atoms with Crippen LogP contribution in [0.3, 0.4) is 0 Å². The van der Waals surface area contributed by atoms with Crippen LogP contribution < -0.4 is 0 Å². The van der Waals surface area contributed by atoms with Crippen molar-refractivity contribution in [2.75, 3.05) is 6.61 Å². The predicted molar refractivity (Wildman–Crippen MR) is 79.1 cm³/mol. The van der Waals surface area contributed by atoms with Gasteiger partial charge in [-0.2, -0.15) is 0 Å². The lowest BCUT2D eigenvalue weighted by Crippen LogP contribution is -2.03. The zero-order chi connectivity index (χ0) is 12.6. The number of hydrogen-bond donors (Lipinski definition) is 2. The van der Waals surface area contributed by atoms with Crippen molar-refractivity contribution in [2.45, 2.75) is 6.10 Å². The van der Waals surface area contributed by atoms with Gasteiger partial charge in [0, 0.05) is 13.4 Å². The molecule has 0 aromatic heterocycles. The smallest absolute Gasteiger partial charge is 0.103 e. The Morgan fingerprint density at radius 3 is 2.35 bits per heavy atom. The minimum absolute atomic E-state index is 0.290. The highest BCUT2D eigenvalue weighted by Gasteiger charge is 2.13. The van der Waals surface area contributed by atoms with Gasteiger partial charge in [-0.25, -0.2) is 0 Å². The van der Waals surface area contributed by atoms with Gasteiger partial charge in [0.25, 0.3) is 0 Å². The molecule has 0 radical (unpaired) electrons. The summed E-state index contributed by atoms with van der Waals surface area (Å²) in [4.78, 5) is 0. The highest BCUT2D eigenvalue weighted by molar-refractivity contribution is 9.13. The maximum atomic E-state index is 9.69. The lowest BCUT2D eigenvalue weighted by molar-refractivity contribution is 0.0952. The molecule has 2 rings (SSSR count). The quantitative estimate of drug-likeness (QED) is 0.760. The third-order valence-corrected chi connectivity index (χ3v) is 5.29. The molecule has 0 fully saturated rings. The molecule has 2 aromatic rings. The molecule has 0 saturated heterocycles. The number of fused-ring (bicyclic) bond motifs is 1. The van der Waals surface area contributed by atoms with E-state index in [1.54, 1.807) is 0 Å². The molecule has 90 valence electrons. The monoisotopic (exact) mass is 422 g/mol. The molecular formula is C12H9Br3O2. The van der Waals surface area contributed by atoms with Gasteiger partial charge >= 0.3 is 0 Å². The van der Waals surface area contributed by atoms with Crippen molar-refractivity contribution in [1.29, 1.82) is 0 Å². The van der Waals surface area contributed by atoms with Crippen LogP contribution in [0.25, 0.3) is 10.8 Å². The summed E-state index contributed by atoms with van der Waals surface area (Å²) in [6.45, 7) is -0.290. The van der Waals surface area contributed by atoms with E-state index in [0.717, 1.165) is 24.2 Å². The van der Waals surface area contributed by atoms with Gasteiger partial charge in [-0.05, 0) is 76.3 Å². The molecule has 0 amide bonds. The van der Waals surface area contributed by atoms with E-state index in [1.165, 1.54) is 0 Å². The van der Waals surface area contributed by atoms with Crippen LogP contribution in [0.4, 0.5) is 0 Å². The van der Waals surface area contributed by atoms with Gasteiger partial charge in [0.15, 0.2) is 0 Å². The summed E-state index contributed by atoms with van der Waals surface area (Å²) >= 11 is 10.4. The van der Waals surface area contributed by atoms with Crippen molar-refractivity contribution in [3.05, 3.63) is 43.2 Å². The summed E-state index contributed by atoms with van der Waals surface area (Å²) in [5.74, 6) is 0. The summed E-state index contributed by atoms with van der Waals surface area (Å²) in [6.07, 6.45) is -0.865. The predicted octanol–water partition coefficient (Wildman–Crippen LogP) is 4.15. The van der Waals surface area contributed by atoms with Crippen LogP contribution in [0.5, 0.6) is 0 Å². The van der Waals surface area contributed by atoms with Gasteiger partial charge in [-0.15, -0.1) is 0 Å². The molecule has 0 spiro atoms. The van der Waals surface area contributed by atoms with Crippen LogP contribution in [0.2, 0.25) is 0 Å². The van der Waals surface area contributed by atoms with E-state index in [1.807, 2.05) is 24.3 Å². The Hall–Kier alpha value is 0.0600. The fourth-order valence-electron chi connectivity index (χ4n) is 1.65. The topological polar surface area (TPSA) is 40.5 Å². The van der Waals surface area contributed by atoms with Crippen molar-refractivity contribution in [1.82, 2.24) is 0 Å². The lowest BCUT2D eigenvalue weighted by atomic mass is 10.0. The average Bonchev–Trinajstić information content (AvgIpc) is 2.31. The summed E-state index contributed by atoms with van der Waals surface area (Å²) in [5, 5.41) is 20.7. The Bertz CT molecular complexity index is 569. The number of halogens is 3. The van der Waals surface area contributed by atoms with Crippen LogP contribution in [-0.4, -0.2) is 16.8 Å². The zero-order valence-corrected chi connectivity index (χ0v) is 13.4. The number of aliphatic hydroxyl groups is 2. The first-order chi connectivity index (χ1) is 8.04. The van der Waals surface area contributed by atoms with Gasteiger partial charge in [-0.3, -0.25) is 0 Å². The van der Waals surface area contributed by atoms with Crippen molar-refractivity contribution >= 4 is 58.6 Å². The largest absolute Gasteiger partial charge is 0.393 e. The Morgan fingerprint density at radius 2 is 1.71 bits per heavy atom. The van der Waals surface area contributed by atoms with Crippen LogP contribution in [-0.2, 0) is 0 Å². The third-order valence-electron chi connectivity index (χ3n) is 2.56. The highest BCUT2D eigenvalue weighted by Crippen LogP contribution is 2.36. The number of benzene rings is 2. The van der Waals surface area contributed by atoms with E-state index in [2.05, 4.69) is 47.8 Å². The van der Waals surface area contributed by atoms with Crippen LogP contribution in [0.1, 0.15) is 11.7 Å². The average molecular weight is 425 g/mol. The third kappa shape index (κ3) is 2.58. The summed E-state index contributed by atoms with van der Waals surface area (Å²) < 4.78 is 2.73. The second kappa shape index (κ2) is 5.36. The number of hydrogen-bond acceptors (Lipinski definition) is 2. The molecule has 0 aliphatic carbocycles. The Labute approximate surface area is 124 Å². The van der Waals surface area contributed by atoms with Crippen LogP contribution in [0, 0.1) is 0 Å². The van der Waals surface area contributed by atoms with E-state index in [-0.39, 0.29) is 6.61 Å². The Morgan fingerprint density at radius 1 is 1.06 bits per heavy atom. The number of aliphatic hydroxyl groups excluding tert-OH is 2. The molecule has 17 heavy (non-hydrogen) atoms. The maximum Gasteiger partial charge on any atom is 0.103 e. The first-order valence-electron chi connectivity index (χ1n) is 4.90. The SMILES string of the molecule is OCC(O)c1ccc2cc(Br)c(Br)cc2c1Br.